The lowest BCUT2D eigenvalue weighted by atomic mass is 10.0. The van der Waals surface area contributed by atoms with E-state index in [1.54, 1.807) is 0 Å². The first kappa shape index (κ1) is 16.7. The molecular weight excluding hydrogens is 368 g/mol. The molecule has 1 aliphatic rings. The van der Waals surface area contributed by atoms with E-state index in [0.29, 0.717) is 12.3 Å². The van der Waals surface area contributed by atoms with Crippen molar-refractivity contribution in [3.8, 4) is 0 Å². The highest BCUT2D eigenvalue weighted by molar-refractivity contribution is 9.10. The van der Waals surface area contributed by atoms with Gasteiger partial charge in [-0.3, -0.25) is 4.79 Å². The minimum Gasteiger partial charge on any atom is -0.382 e. The molecule has 0 fully saturated rings. The van der Waals surface area contributed by atoms with Gasteiger partial charge in [0.05, 0.1) is 5.71 Å². The number of benzene rings is 2. The fraction of sp³-hybridized carbons (Fsp3) is 0.263. The number of nitrogens with zero attached hydrogens (tertiary/aromatic N) is 1. The fourth-order valence-corrected chi connectivity index (χ4v) is 2.93. The van der Waals surface area contributed by atoms with Crippen LogP contribution in [0.15, 0.2) is 58.2 Å². The van der Waals surface area contributed by atoms with Crippen LogP contribution in [0.1, 0.15) is 37.3 Å². The van der Waals surface area contributed by atoms with Gasteiger partial charge < -0.3 is 10.2 Å². The van der Waals surface area contributed by atoms with E-state index >= 15 is 0 Å². The van der Waals surface area contributed by atoms with Crippen LogP contribution < -0.4 is 5.32 Å². The summed E-state index contributed by atoms with van der Waals surface area (Å²) in [5.41, 5.74) is 3.75. The summed E-state index contributed by atoms with van der Waals surface area (Å²) in [5.74, 6) is 0.287. The second kappa shape index (κ2) is 7.18. The fourth-order valence-electron chi connectivity index (χ4n) is 2.53. The highest BCUT2D eigenvalue weighted by atomic mass is 79.9. The van der Waals surface area contributed by atoms with Gasteiger partial charge in [-0.25, -0.2) is 0 Å². The Balaban J connectivity index is 1.61. The summed E-state index contributed by atoms with van der Waals surface area (Å²) in [6.45, 7) is 4.28. The van der Waals surface area contributed by atoms with Crippen LogP contribution >= 0.6 is 15.9 Å². The summed E-state index contributed by atoms with van der Waals surface area (Å²) >= 11 is 3.44. The number of amides is 1. The highest BCUT2D eigenvalue weighted by Gasteiger charge is 2.29. The van der Waals surface area contributed by atoms with E-state index < -0.39 is 6.10 Å². The number of hydrogen-bond donors (Lipinski definition) is 1. The van der Waals surface area contributed by atoms with E-state index in [-0.39, 0.29) is 5.91 Å². The molecule has 1 amide bonds. The van der Waals surface area contributed by atoms with Crippen LogP contribution in [0.2, 0.25) is 0 Å². The van der Waals surface area contributed by atoms with Gasteiger partial charge in [0.2, 0.25) is 6.10 Å². The molecule has 0 spiro atoms. The molecule has 0 aliphatic carbocycles. The lowest BCUT2D eigenvalue weighted by molar-refractivity contribution is -0.125. The quantitative estimate of drug-likeness (QED) is 0.827. The summed E-state index contributed by atoms with van der Waals surface area (Å²) in [5, 5.41) is 6.95. The van der Waals surface area contributed by atoms with Crippen LogP contribution in [-0.2, 0) is 9.63 Å². The largest absolute Gasteiger partial charge is 0.382 e. The second-order valence-electron chi connectivity index (χ2n) is 6.11. The van der Waals surface area contributed by atoms with Crippen LogP contribution in [0.5, 0.6) is 0 Å². The highest BCUT2D eigenvalue weighted by Crippen LogP contribution is 2.22. The van der Waals surface area contributed by atoms with Crippen molar-refractivity contribution in [2.75, 3.05) is 5.32 Å². The molecule has 0 saturated heterocycles. The zero-order valence-electron chi connectivity index (χ0n) is 13.6. The predicted octanol–water partition coefficient (Wildman–Crippen LogP) is 4.70. The van der Waals surface area contributed by atoms with Crippen LogP contribution in [0, 0.1) is 0 Å². The van der Waals surface area contributed by atoms with Crippen LogP contribution in [0.3, 0.4) is 0 Å². The Bertz CT molecular complexity index is 769. The number of hydrogen-bond acceptors (Lipinski definition) is 3. The van der Waals surface area contributed by atoms with Crippen molar-refractivity contribution in [1.29, 1.82) is 0 Å². The molecule has 0 saturated carbocycles. The van der Waals surface area contributed by atoms with Gasteiger partial charge in [-0.1, -0.05) is 59.2 Å². The minimum absolute atomic E-state index is 0.180. The maximum absolute atomic E-state index is 12.4. The maximum Gasteiger partial charge on any atom is 0.268 e. The van der Waals surface area contributed by atoms with Gasteiger partial charge in [0.15, 0.2) is 0 Å². The van der Waals surface area contributed by atoms with Crippen molar-refractivity contribution in [1.82, 2.24) is 0 Å². The van der Waals surface area contributed by atoms with Gasteiger partial charge in [-0.15, -0.1) is 0 Å². The smallest absolute Gasteiger partial charge is 0.268 e. The Labute approximate surface area is 150 Å². The zero-order valence-corrected chi connectivity index (χ0v) is 15.2. The molecule has 1 heterocycles. The molecule has 124 valence electrons. The number of carbonyl (C=O) groups excluding carboxylic acids is 1. The molecule has 0 radical (unpaired) electrons. The predicted molar refractivity (Wildman–Crippen MR) is 99.3 cm³/mol. The molecule has 1 aliphatic heterocycles. The third-order valence-electron chi connectivity index (χ3n) is 3.96. The normalized spacial score (nSPS) is 16.7. The number of halogens is 1. The van der Waals surface area contributed by atoms with Gasteiger partial charge in [-0.05, 0) is 35.7 Å². The molecule has 24 heavy (non-hydrogen) atoms. The monoisotopic (exact) mass is 386 g/mol. The first-order valence-corrected chi connectivity index (χ1v) is 8.71. The minimum atomic E-state index is -0.594. The average Bonchev–Trinajstić information content (AvgIpc) is 3.05. The molecule has 3 rings (SSSR count). The third-order valence-corrected chi connectivity index (χ3v) is 4.46. The second-order valence-corrected chi connectivity index (χ2v) is 7.03. The van der Waals surface area contributed by atoms with E-state index in [0.717, 1.165) is 21.4 Å². The van der Waals surface area contributed by atoms with Gasteiger partial charge >= 0.3 is 0 Å². The van der Waals surface area contributed by atoms with Gasteiger partial charge in [-0.2, -0.15) is 0 Å². The molecule has 5 heteroatoms. The summed E-state index contributed by atoms with van der Waals surface area (Å²) in [6, 6.07) is 15.7. The Kier molecular flexibility index (Phi) is 5.00. The first-order chi connectivity index (χ1) is 11.5. The number of oxime groups is 1. The SMILES string of the molecule is CC(C)c1ccc(NC(=O)C2CC(c3cccc(Br)c3)=NO2)cc1. The number of carbonyl (C=O) groups is 1. The van der Waals surface area contributed by atoms with E-state index in [9.17, 15) is 4.79 Å². The molecule has 0 aromatic heterocycles. The molecule has 1 N–H and O–H groups in total. The molecule has 2 aromatic carbocycles. The summed E-state index contributed by atoms with van der Waals surface area (Å²) in [4.78, 5) is 17.7. The summed E-state index contributed by atoms with van der Waals surface area (Å²) < 4.78 is 0.973. The molecule has 1 unspecified atom stereocenters. The number of anilines is 1. The first-order valence-electron chi connectivity index (χ1n) is 7.92. The van der Waals surface area contributed by atoms with E-state index in [4.69, 9.17) is 4.84 Å². The zero-order chi connectivity index (χ0) is 17.1. The molecular formula is C19H19BrN2O2. The molecule has 1 atom stereocenters. The molecule has 0 bridgehead atoms. The van der Waals surface area contributed by atoms with Crippen molar-refractivity contribution in [2.45, 2.75) is 32.3 Å². The maximum atomic E-state index is 12.4. The lowest BCUT2D eigenvalue weighted by Gasteiger charge is -2.11. The van der Waals surface area contributed by atoms with E-state index in [1.807, 2.05) is 48.5 Å². The van der Waals surface area contributed by atoms with E-state index in [2.05, 4.69) is 40.2 Å². The van der Waals surface area contributed by atoms with Gasteiger partial charge in [0.25, 0.3) is 5.91 Å². The standard InChI is InChI=1S/C19H19BrN2O2/c1-12(2)13-6-8-16(9-7-13)21-19(23)18-11-17(22-24-18)14-4-3-5-15(20)10-14/h3-10,12,18H,11H2,1-2H3,(H,21,23). The van der Waals surface area contributed by atoms with E-state index in [1.165, 1.54) is 5.56 Å². The van der Waals surface area contributed by atoms with Crippen molar-refractivity contribution >= 4 is 33.2 Å². The van der Waals surface area contributed by atoms with Crippen LogP contribution in [0.4, 0.5) is 5.69 Å². The number of rotatable bonds is 4. The van der Waals surface area contributed by atoms with Crippen molar-refractivity contribution < 1.29 is 9.63 Å². The Morgan fingerprint density at radius 2 is 2.00 bits per heavy atom. The molecule has 4 nitrogen and oxygen atoms in total. The van der Waals surface area contributed by atoms with Gasteiger partial charge in [0.1, 0.15) is 0 Å². The van der Waals surface area contributed by atoms with Gasteiger partial charge in [0, 0.05) is 22.1 Å². The van der Waals surface area contributed by atoms with Crippen molar-refractivity contribution in [3.63, 3.8) is 0 Å². The average molecular weight is 387 g/mol. The Morgan fingerprint density at radius 1 is 1.25 bits per heavy atom. The van der Waals surface area contributed by atoms with Crippen molar-refractivity contribution in [3.05, 3.63) is 64.1 Å². The molecule has 2 aromatic rings. The van der Waals surface area contributed by atoms with Crippen LogP contribution in [0.25, 0.3) is 0 Å². The van der Waals surface area contributed by atoms with Crippen molar-refractivity contribution in [2.24, 2.45) is 5.16 Å². The Hall–Kier alpha value is -2.14. The lowest BCUT2D eigenvalue weighted by Crippen LogP contribution is -2.28. The summed E-state index contributed by atoms with van der Waals surface area (Å²) in [7, 11) is 0. The third kappa shape index (κ3) is 3.85. The topological polar surface area (TPSA) is 50.7 Å². The summed E-state index contributed by atoms with van der Waals surface area (Å²) in [6.07, 6.45) is -0.129. The number of nitrogens with one attached hydrogen (secondary N) is 1. The Morgan fingerprint density at radius 3 is 2.67 bits per heavy atom. The van der Waals surface area contributed by atoms with Crippen LogP contribution in [-0.4, -0.2) is 17.7 Å².